The fourth-order valence-electron chi connectivity index (χ4n) is 2.54. The van der Waals surface area contributed by atoms with Crippen LogP contribution in [0.25, 0.3) is 0 Å². The zero-order valence-corrected chi connectivity index (χ0v) is 13.8. The first kappa shape index (κ1) is 18.0. The molecule has 0 bridgehead atoms. The van der Waals surface area contributed by atoms with Gasteiger partial charge in [0.2, 0.25) is 11.8 Å². The lowest BCUT2D eigenvalue weighted by Crippen LogP contribution is -2.43. The molecule has 0 spiro atoms. The van der Waals surface area contributed by atoms with E-state index in [4.69, 9.17) is 4.74 Å². The van der Waals surface area contributed by atoms with Gasteiger partial charge in [0.05, 0.1) is 12.6 Å². The van der Waals surface area contributed by atoms with Gasteiger partial charge in [0.15, 0.2) is 0 Å². The molecule has 2 N–H and O–H groups in total. The maximum atomic E-state index is 11.9. The van der Waals surface area contributed by atoms with Crippen molar-refractivity contribution >= 4 is 11.8 Å². The second-order valence-electron chi connectivity index (χ2n) is 6.59. The van der Waals surface area contributed by atoms with Crippen LogP contribution in [0.15, 0.2) is 0 Å². The maximum absolute atomic E-state index is 11.9. The Balaban J connectivity index is 2.23. The van der Waals surface area contributed by atoms with E-state index in [1.54, 1.807) is 6.92 Å². The fourth-order valence-corrected chi connectivity index (χ4v) is 2.54. The first-order valence-electron chi connectivity index (χ1n) is 8.08. The molecule has 1 aliphatic carbocycles. The van der Waals surface area contributed by atoms with E-state index >= 15 is 0 Å². The third kappa shape index (κ3) is 7.46. The molecule has 0 saturated heterocycles. The molecule has 3 atom stereocenters. The quantitative estimate of drug-likeness (QED) is 0.754. The van der Waals surface area contributed by atoms with E-state index < -0.39 is 6.10 Å². The summed E-state index contributed by atoms with van der Waals surface area (Å²) in [7, 11) is 0. The molecule has 0 heterocycles. The molecular formula is C16H30N2O3. The average molecular weight is 298 g/mol. The van der Waals surface area contributed by atoms with Crippen LogP contribution in [-0.2, 0) is 14.3 Å². The molecule has 2 amide bonds. The van der Waals surface area contributed by atoms with E-state index in [0.717, 1.165) is 19.3 Å². The summed E-state index contributed by atoms with van der Waals surface area (Å²) in [6.07, 6.45) is 4.12. The van der Waals surface area contributed by atoms with Crippen LogP contribution in [-0.4, -0.2) is 37.1 Å². The molecule has 1 rings (SSSR count). The summed E-state index contributed by atoms with van der Waals surface area (Å²) in [5.74, 6) is 0.699. The Labute approximate surface area is 128 Å². The second kappa shape index (κ2) is 9.03. The van der Waals surface area contributed by atoms with E-state index in [2.05, 4.69) is 17.6 Å². The van der Waals surface area contributed by atoms with Crippen LogP contribution in [0.5, 0.6) is 0 Å². The van der Waals surface area contributed by atoms with Gasteiger partial charge in [-0.1, -0.05) is 33.6 Å². The van der Waals surface area contributed by atoms with Crippen molar-refractivity contribution in [1.82, 2.24) is 10.6 Å². The monoisotopic (exact) mass is 298 g/mol. The second-order valence-corrected chi connectivity index (χ2v) is 6.59. The van der Waals surface area contributed by atoms with E-state index in [1.165, 1.54) is 6.42 Å². The van der Waals surface area contributed by atoms with Crippen LogP contribution < -0.4 is 10.6 Å². The SMILES string of the molecule is CC(C)CNC(=O)CNC(=O)[C@H](C)O[C@H]1CCC[C@@H](C)C1. The van der Waals surface area contributed by atoms with Gasteiger partial charge in [0, 0.05) is 6.54 Å². The Morgan fingerprint density at radius 3 is 2.52 bits per heavy atom. The van der Waals surface area contributed by atoms with Gasteiger partial charge in [0.1, 0.15) is 6.10 Å². The number of carbonyl (C=O) groups excluding carboxylic acids is 2. The first-order valence-corrected chi connectivity index (χ1v) is 8.08. The van der Waals surface area contributed by atoms with Gasteiger partial charge in [0.25, 0.3) is 0 Å². The Hall–Kier alpha value is -1.10. The summed E-state index contributed by atoms with van der Waals surface area (Å²) in [6, 6.07) is 0. The van der Waals surface area contributed by atoms with Gasteiger partial charge in [-0.3, -0.25) is 9.59 Å². The third-order valence-corrected chi connectivity index (χ3v) is 3.78. The molecule has 5 heteroatoms. The molecule has 0 radical (unpaired) electrons. The maximum Gasteiger partial charge on any atom is 0.249 e. The predicted octanol–water partition coefficient (Wildman–Crippen LogP) is 1.86. The Morgan fingerprint density at radius 2 is 1.90 bits per heavy atom. The van der Waals surface area contributed by atoms with E-state index in [-0.39, 0.29) is 24.5 Å². The number of hydrogen-bond acceptors (Lipinski definition) is 3. The standard InChI is InChI=1S/C16H30N2O3/c1-11(2)9-17-15(19)10-18-16(20)13(4)21-14-7-5-6-12(3)8-14/h11-14H,5-10H2,1-4H3,(H,17,19)(H,18,20)/t12-,13+,14+/m1/s1. The van der Waals surface area contributed by atoms with Crippen LogP contribution in [0, 0.1) is 11.8 Å². The largest absolute Gasteiger partial charge is 0.365 e. The molecule has 0 unspecified atom stereocenters. The molecule has 0 aromatic carbocycles. The lowest BCUT2D eigenvalue weighted by atomic mass is 9.88. The van der Waals surface area contributed by atoms with Gasteiger partial charge in [-0.15, -0.1) is 0 Å². The highest BCUT2D eigenvalue weighted by Crippen LogP contribution is 2.26. The smallest absolute Gasteiger partial charge is 0.249 e. The molecular weight excluding hydrogens is 268 g/mol. The lowest BCUT2D eigenvalue weighted by Gasteiger charge is -2.28. The first-order chi connectivity index (χ1) is 9.88. The Morgan fingerprint density at radius 1 is 1.19 bits per heavy atom. The number of ether oxygens (including phenoxy) is 1. The summed E-state index contributed by atoms with van der Waals surface area (Å²) < 4.78 is 5.81. The van der Waals surface area contributed by atoms with Crippen molar-refractivity contribution in [3.8, 4) is 0 Å². The minimum Gasteiger partial charge on any atom is -0.365 e. The Bertz CT molecular complexity index is 344. The van der Waals surface area contributed by atoms with Crippen LogP contribution in [0.4, 0.5) is 0 Å². The predicted molar refractivity (Wildman–Crippen MR) is 82.8 cm³/mol. The van der Waals surface area contributed by atoms with Gasteiger partial charge >= 0.3 is 0 Å². The summed E-state index contributed by atoms with van der Waals surface area (Å²) in [5, 5.41) is 5.40. The number of nitrogens with one attached hydrogen (secondary N) is 2. The zero-order chi connectivity index (χ0) is 15.8. The Kier molecular flexibility index (Phi) is 7.72. The molecule has 1 aliphatic rings. The van der Waals surface area contributed by atoms with Crippen molar-refractivity contribution < 1.29 is 14.3 Å². The minimum absolute atomic E-state index is 0.0142. The summed E-state index contributed by atoms with van der Waals surface area (Å²) >= 11 is 0. The highest BCUT2D eigenvalue weighted by molar-refractivity contribution is 5.86. The van der Waals surface area contributed by atoms with Gasteiger partial charge in [-0.2, -0.15) is 0 Å². The third-order valence-electron chi connectivity index (χ3n) is 3.78. The van der Waals surface area contributed by atoms with Crippen LogP contribution in [0.2, 0.25) is 0 Å². The molecule has 1 fully saturated rings. The molecule has 0 aliphatic heterocycles. The van der Waals surface area contributed by atoms with Gasteiger partial charge in [-0.25, -0.2) is 0 Å². The lowest BCUT2D eigenvalue weighted by molar-refractivity contribution is -0.138. The highest BCUT2D eigenvalue weighted by atomic mass is 16.5. The summed E-state index contributed by atoms with van der Waals surface area (Å²) in [6.45, 7) is 8.67. The molecule has 0 aromatic heterocycles. The topological polar surface area (TPSA) is 67.4 Å². The van der Waals surface area contributed by atoms with Gasteiger partial charge < -0.3 is 15.4 Å². The molecule has 1 saturated carbocycles. The van der Waals surface area contributed by atoms with Crippen molar-refractivity contribution in [2.24, 2.45) is 11.8 Å². The number of rotatable bonds is 7. The summed E-state index contributed by atoms with van der Waals surface area (Å²) in [4.78, 5) is 23.5. The number of amides is 2. The average Bonchev–Trinajstić information content (AvgIpc) is 2.42. The molecule has 122 valence electrons. The highest BCUT2D eigenvalue weighted by Gasteiger charge is 2.24. The van der Waals surface area contributed by atoms with Crippen molar-refractivity contribution in [2.75, 3.05) is 13.1 Å². The van der Waals surface area contributed by atoms with Gasteiger partial charge in [-0.05, 0) is 31.6 Å². The van der Waals surface area contributed by atoms with E-state index in [1.807, 2.05) is 13.8 Å². The molecule has 21 heavy (non-hydrogen) atoms. The number of hydrogen-bond donors (Lipinski definition) is 2. The fraction of sp³-hybridized carbons (Fsp3) is 0.875. The van der Waals surface area contributed by atoms with Crippen molar-refractivity contribution in [2.45, 2.75) is 65.6 Å². The van der Waals surface area contributed by atoms with E-state index in [0.29, 0.717) is 18.4 Å². The molecule has 5 nitrogen and oxygen atoms in total. The zero-order valence-electron chi connectivity index (χ0n) is 13.8. The van der Waals surface area contributed by atoms with E-state index in [9.17, 15) is 9.59 Å². The van der Waals surface area contributed by atoms with Crippen LogP contribution in [0.3, 0.4) is 0 Å². The van der Waals surface area contributed by atoms with Crippen molar-refractivity contribution in [1.29, 1.82) is 0 Å². The summed E-state index contributed by atoms with van der Waals surface area (Å²) in [5.41, 5.74) is 0. The number of carbonyl (C=O) groups is 2. The van der Waals surface area contributed by atoms with Crippen molar-refractivity contribution in [3.63, 3.8) is 0 Å². The van der Waals surface area contributed by atoms with Crippen molar-refractivity contribution in [3.05, 3.63) is 0 Å². The van der Waals surface area contributed by atoms with Crippen LogP contribution >= 0.6 is 0 Å². The van der Waals surface area contributed by atoms with Crippen LogP contribution in [0.1, 0.15) is 53.4 Å². The normalized spacial score (nSPS) is 23.7. The minimum atomic E-state index is -0.502. The molecule has 0 aromatic rings.